The van der Waals surface area contributed by atoms with Gasteiger partial charge in [-0.3, -0.25) is 13.9 Å². The Balaban J connectivity index is 1.20. The van der Waals surface area contributed by atoms with E-state index < -0.39 is 16.1 Å². The van der Waals surface area contributed by atoms with Crippen molar-refractivity contribution < 1.29 is 22.7 Å². The summed E-state index contributed by atoms with van der Waals surface area (Å²) in [6.45, 7) is 2.71. The van der Waals surface area contributed by atoms with Crippen molar-refractivity contribution in [1.29, 1.82) is 0 Å². The van der Waals surface area contributed by atoms with Crippen molar-refractivity contribution in [2.75, 3.05) is 28.8 Å². The number of carbonyl (C=O) groups excluding carboxylic acids is 2. The predicted octanol–water partition coefficient (Wildman–Crippen LogP) is 4.51. The van der Waals surface area contributed by atoms with Gasteiger partial charge >= 0.3 is 0 Å². The van der Waals surface area contributed by atoms with Gasteiger partial charge in [0.2, 0.25) is 0 Å². The largest absolute Gasteiger partial charge is 0.477 e. The number of para-hydroxylation sites is 2. The third-order valence-electron chi connectivity index (χ3n) is 7.66. The fourth-order valence-electron chi connectivity index (χ4n) is 5.40. The molecule has 0 bridgehead atoms. The molecule has 0 fully saturated rings. The maximum Gasteiger partial charge on any atom is 0.264 e. The van der Waals surface area contributed by atoms with E-state index in [0.29, 0.717) is 48.6 Å². The van der Waals surface area contributed by atoms with Crippen molar-refractivity contribution in [1.82, 2.24) is 5.32 Å². The molecular weight excluding hydrogens is 550 g/mol. The molecule has 2 aliphatic rings. The number of aryl methyl sites for hydroxylation is 1. The van der Waals surface area contributed by atoms with Crippen LogP contribution in [0.1, 0.15) is 27.0 Å². The lowest BCUT2D eigenvalue weighted by Crippen LogP contribution is -2.51. The first-order valence-corrected chi connectivity index (χ1v) is 15.4. The van der Waals surface area contributed by atoms with Crippen LogP contribution in [-0.4, -0.2) is 46.0 Å². The van der Waals surface area contributed by atoms with Gasteiger partial charge < -0.3 is 15.0 Å². The molecule has 0 spiro atoms. The zero-order chi connectivity index (χ0) is 29.3. The summed E-state index contributed by atoms with van der Waals surface area (Å²) < 4.78 is 34.1. The summed E-state index contributed by atoms with van der Waals surface area (Å²) in [4.78, 5) is 28.8. The van der Waals surface area contributed by atoms with E-state index >= 15 is 0 Å². The highest BCUT2D eigenvalue weighted by Crippen LogP contribution is 2.37. The van der Waals surface area contributed by atoms with Gasteiger partial charge in [0.15, 0.2) is 6.10 Å². The normalized spacial score (nSPS) is 15.9. The van der Waals surface area contributed by atoms with E-state index in [4.69, 9.17) is 4.74 Å². The van der Waals surface area contributed by atoms with Crippen molar-refractivity contribution >= 4 is 33.2 Å². The quantitative estimate of drug-likeness (QED) is 0.347. The van der Waals surface area contributed by atoms with Crippen molar-refractivity contribution in [3.63, 3.8) is 0 Å². The number of sulfonamides is 1. The Kier molecular flexibility index (Phi) is 7.43. The number of carbonyl (C=O) groups is 2. The van der Waals surface area contributed by atoms with Crippen LogP contribution >= 0.6 is 0 Å². The lowest BCUT2D eigenvalue weighted by Gasteiger charge is -2.34. The molecule has 0 saturated heterocycles. The topological polar surface area (TPSA) is 96.0 Å². The van der Waals surface area contributed by atoms with E-state index in [-0.39, 0.29) is 23.3 Å². The van der Waals surface area contributed by atoms with E-state index in [1.165, 1.54) is 4.31 Å². The van der Waals surface area contributed by atoms with Crippen molar-refractivity contribution in [3.05, 3.63) is 119 Å². The molecule has 42 heavy (non-hydrogen) atoms. The Morgan fingerprint density at radius 1 is 0.905 bits per heavy atom. The summed E-state index contributed by atoms with van der Waals surface area (Å²) in [6, 6.07) is 28.9. The minimum Gasteiger partial charge on any atom is -0.477 e. The standard InChI is InChI=1S/C33H31N3O5S/c1-23-11-14-27(15-12-23)42(39,40)36-20-18-25-21-26(13-16-28(25)36)33(38)35-22-31(41-30-10-6-5-9-29(30)35)32(37)34-19-17-24-7-3-2-4-8-24/h2-16,21,31H,17-20,22H2,1H3,(H,34,37)/t31-/m0/s1. The van der Waals surface area contributed by atoms with Crippen LogP contribution in [0.15, 0.2) is 102 Å². The summed E-state index contributed by atoms with van der Waals surface area (Å²) in [5, 5.41) is 2.94. The van der Waals surface area contributed by atoms with E-state index in [1.54, 1.807) is 65.6 Å². The molecule has 9 heteroatoms. The van der Waals surface area contributed by atoms with Crippen LogP contribution in [0.2, 0.25) is 0 Å². The molecule has 1 atom stereocenters. The average molecular weight is 582 g/mol. The molecule has 4 aromatic rings. The molecule has 0 aliphatic carbocycles. The monoisotopic (exact) mass is 581 g/mol. The summed E-state index contributed by atoms with van der Waals surface area (Å²) in [5.74, 6) is -0.114. The number of anilines is 2. The Bertz CT molecular complexity index is 1740. The van der Waals surface area contributed by atoms with Crippen LogP contribution in [0.3, 0.4) is 0 Å². The van der Waals surface area contributed by atoms with Gasteiger partial charge in [0.25, 0.3) is 21.8 Å². The zero-order valence-electron chi connectivity index (χ0n) is 23.2. The van der Waals surface area contributed by atoms with E-state index in [9.17, 15) is 18.0 Å². The molecule has 2 heterocycles. The third-order valence-corrected chi connectivity index (χ3v) is 9.48. The number of nitrogens with one attached hydrogen (secondary N) is 1. The van der Waals surface area contributed by atoms with Gasteiger partial charge in [-0.15, -0.1) is 0 Å². The number of hydrogen-bond acceptors (Lipinski definition) is 5. The zero-order valence-corrected chi connectivity index (χ0v) is 24.0. The van der Waals surface area contributed by atoms with Gasteiger partial charge in [0.05, 0.1) is 22.8 Å². The summed E-state index contributed by atoms with van der Waals surface area (Å²) in [7, 11) is -3.73. The number of rotatable bonds is 7. The molecule has 2 aliphatic heterocycles. The molecule has 0 saturated carbocycles. The van der Waals surface area contributed by atoms with Gasteiger partial charge in [0, 0.05) is 18.7 Å². The Hall–Kier alpha value is -4.63. The molecule has 2 amide bonds. The van der Waals surface area contributed by atoms with Crippen molar-refractivity contribution in [2.24, 2.45) is 0 Å². The molecule has 214 valence electrons. The first-order valence-electron chi connectivity index (χ1n) is 13.9. The van der Waals surface area contributed by atoms with Crippen LogP contribution < -0.4 is 19.3 Å². The second-order valence-corrected chi connectivity index (χ2v) is 12.4. The van der Waals surface area contributed by atoms with Crippen LogP contribution in [-0.2, 0) is 27.7 Å². The fourth-order valence-corrected chi connectivity index (χ4v) is 6.90. The number of ether oxygens (including phenoxy) is 1. The highest BCUT2D eigenvalue weighted by atomic mass is 32.2. The second kappa shape index (κ2) is 11.3. The molecule has 0 unspecified atom stereocenters. The van der Waals surface area contributed by atoms with Gasteiger partial charge in [0.1, 0.15) is 5.75 Å². The maximum atomic E-state index is 13.9. The molecule has 1 N–H and O–H groups in total. The van der Waals surface area contributed by atoms with Crippen LogP contribution in [0.4, 0.5) is 11.4 Å². The first kappa shape index (κ1) is 27.5. The Morgan fingerprint density at radius 2 is 1.64 bits per heavy atom. The average Bonchev–Trinajstić information content (AvgIpc) is 3.45. The smallest absolute Gasteiger partial charge is 0.264 e. The van der Waals surface area contributed by atoms with E-state index in [0.717, 1.165) is 16.7 Å². The fraction of sp³-hybridized carbons (Fsp3) is 0.212. The Labute approximate surface area is 245 Å². The predicted molar refractivity (Wildman–Crippen MR) is 162 cm³/mol. The maximum absolute atomic E-state index is 13.9. The highest BCUT2D eigenvalue weighted by molar-refractivity contribution is 7.92. The van der Waals surface area contributed by atoms with Gasteiger partial charge in [-0.1, -0.05) is 60.2 Å². The van der Waals surface area contributed by atoms with E-state index in [1.807, 2.05) is 43.3 Å². The molecule has 0 radical (unpaired) electrons. The van der Waals surface area contributed by atoms with Crippen molar-refractivity contribution in [3.8, 4) is 5.75 Å². The summed E-state index contributed by atoms with van der Waals surface area (Å²) >= 11 is 0. The molecule has 8 nitrogen and oxygen atoms in total. The van der Waals surface area contributed by atoms with Gasteiger partial charge in [-0.25, -0.2) is 8.42 Å². The minimum atomic E-state index is -3.73. The summed E-state index contributed by atoms with van der Waals surface area (Å²) in [6.07, 6.45) is 0.307. The van der Waals surface area contributed by atoms with Gasteiger partial charge in [-0.05, 0) is 73.4 Å². The van der Waals surface area contributed by atoms with Gasteiger partial charge in [-0.2, -0.15) is 0 Å². The number of nitrogens with zero attached hydrogens (tertiary/aromatic N) is 2. The van der Waals surface area contributed by atoms with Crippen molar-refractivity contribution in [2.45, 2.75) is 30.8 Å². The lowest BCUT2D eigenvalue weighted by atomic mass is 10.1. The molecule has 4 aromatic carbocycles. The van der Waals surface area contributed by atoms with Crippen LogP contribution in [0.25, 0.3) is 0 Å². The minimum absolute atomic E-state index is 0.0536. The molecular formula is C33H31N3O5S. The second-order valence-electron chi connectivity index (χ2n) is 10.5. The first-order chi connectivity index (χ1) is 20.3. The number of fused-ring (bicyclic) bond motifs is 2. The molecule has 6 rings (SSSR count). The van der Waals surface area contributed by atoms with E-state index in [2.05, 4.69) is 5.32 Å². The number of benzene rings is 4. The SMILES string of the molecule is Cc1ccc(S(=O)(=O)N2CCc3cc(C(=O)N4C[C@@H](C(=O)NCCc5ccccc5)Oc5ccccc54)ccc32)cc1. The highest BCUT2D eigenvalue weighted by Gasteiger charge is 2.36. The number of hydrogen-bond donors (Lipinski definition) is 1. The molecule has 0 aromatic heterocycles. The Morgan fingerprint density at radius 3 is 2.43 bits per heavy atom. The number of amides is 2. The summed E-state index contributed by atoms with van der Waals surface area (Å²) in [5.41, 5.74) is 4.46. The van der Waals surface area contributed by atoms with Crippen LogP contribution in [0.5, 0.6) is 5.75 Å². The van der Waals surface area contributed by atoms with Crippen LogP contribution in [0, 0.1) is 6.92 Å². The lowest BCUT2D eigenvalue weighted by molar-refractivity contribution is -0.127. The third kappa shape index (κ3) is 5.35.